The number of aliphatic carboxylic acids is 1. The van der Waals surface area contributed by atoms with Gasteiger partial charge in [0, 0.05) is 18.1 Å². The monoisotopic (exact) mass is 320 g/mol. The van der Waals surface area contributed by atoms with Crippen molar-refractivity contribution in [2.75, 3.05) is 13.2 Å². The maximum atomic E-state index is 11.9. The van der Waals surface area contributed by atoms with E-state index in [4.69, 9.17) is 4.74 Å². The van der Waals surface area contributed by atoms with E-state index in [0.29, 0.717) is 25.1 Å². The maximum Gasteiger partial charge on any atom is 0.251 e. The molecule has 1 rings (SSSR count). The molecule has 0 bridgehead atoms. The van der Waals surface area contributed by atoms with Crippen LogP contribution < -0.4 is 15.2 Å². The predicted octanol–water partition coefficient (Wildman–Crippen LogP) is 2.30. The Hall–Kier alpha value is -2.04. The lowest BCUT2D eigenvalue weighted by molar-refractivity contribution is -0.305. The molecule has 1 aromatic rings. The van der Waals surface area contributed by atoms with Gasteiger partial charge in [0.05, 0.1) is 6.61 Å². The third-order valence-electron chi connectivity index (χ3n) is 3.48. The molecule has 0 atom stereocenters. The number of rotatable bonds is 12. The topological polar surface area (TPSA) is 78.5 Å². The van der Waals surface area contributed by atoms with Crippen LogP contribution in [0.4, 0.5) is 0 Å². The van der Waals surface area contributed by atoms with E-state index in [0.717, 1.165) is 37.9 Å². The molecular weight excluding hydrogens is 294 g/mol. The molecule has 5 heteroatoms. The van der Waals surface area contributed by atoms with Gasteiger partial charge in [0.1, 0.15) is 5.75 Å². The van der Waals surface area contributed by atoms with Crippen molar-refractivity contribution in [3.05, 3.63) is 29.8 Å². The van der Waals surface area contributed by atoms with Crippen molar-refractivity contribution < 1.29 is 19.4 Å². The summed E-state index contributed by atoms with van der Waals surface area (Å²) in [7, 11) is 0. The zero-order valence-corrected chi connectivity index (χ0v) is 13.8. The van der Waals surface area contributed by atoms with E-state index in [9.17, 15) is 14.7 Å². The lowest BCUT2D eigenvalue weighted by Gasteiger charge is -2.08. The molecule has 0 fully saturated rings. The second kappa shape index (κ2) is 11.5. The van der Waals surface area contributed by atoms with Crippen molar-refractivity contribution in [3.8, 4) is 5.75 Å². The number of carbonyl (C=O) groups excluding carboxylic acids is 2. The van der Waals surface area contributed by atoms with Gasteiger partial charge < -0.3 is 20.0 Å². The van der Waals surface area contributed by atoms with Gasteiger partial charge in [-0.25, -0.2) is 0 Å². The zero-order valence-electron chi connectivity index (χ0n) is 13.8. The molecule has 128 valence electrons. The number of carbonyl (C=O) groups is 2. The number of benzene rings is 1. The number of amides is 1. The molecule has 0 radical (unpaired) electrons. The highest BCUT2D eigenvalue weighted by molar-refractivity contribution is 5.94. The van der Waals surface area contributed by atoms with Crippen LogP contribution in [0.25, 0.3) is 0 Å². The quantitative estimate of drug-likeness (QED) is 0.599. The number of hydrogen-bond acceptors (Lipinski definition) is 4. The van der Waals surface area contributed by atoms with Gasteiger partial charge in [-0.15, -0.1) is 0 Å². The number of carboxylic acid groups (broad SMARTS) is 1. The first-order chi connectivity index (χ1) is 11.1. The van der Waals surface area contributed by atoms with Crippen molar-refractivity contribution in [2.24, 2.45) is 0 Å². The van der Waals surface area contributed by atoms with Crippen LogP contribution in [-0.2, 0) is 4.79 Å². The molecule has 23 heavy (non-hydrogen) atoms. The van der Waals surface area contributed by atoms with Crippen LogP contribution in [0.15, 0.2) is 24.3 Å². The van der Waals surface area contributed by atoms with E-state index in [1.807, 2.05) is 0 Å². The predicted molar refractivity (Wildman–Crippen MR) is 87.3 cm³/mol. The lowest BCUT2D eigenvalue weighted by atomic mass is 10.2. The molecule has 0 spiro atoms. The van der Waals surface area contributed by atoms with Crippen LogP contribution in [0.1, 0.15) is 62.2 Å². The Morgan fingerprint density at radius 3 is 2.43 bits per heavy atom. The summed E-state index contributed by atoms with van der Waals surface area (Å²) < 4.78 is 5.60. The molecule has 0 unspecified atom stereocenters. The molecular formula is C18H26NO4-. The molecule has 0 heterocycles. The number of carboxylic acids is 1. The summed E-state index contributed by atoms with van der Waals surface area (Å²) in [5.74, 6) is -0.367. The van der Waals surface area contributed by atoms with Crippen molar-refractivity contribution in [2.45, 2.75) is 51.9 Å². The first kappa shape index (κ1) is 19.0. The van der Waals surface area contributed by atoms with Crippen LogP contribution in [0.3, 0.4) is 0 Å². The molecule has 1 N–H and O–H groups in total. The Labute approximate surface area is 138 Å². The number of hydrogen-bond donors (Lipinski definition) is 1. The van der Waals surface area contributed by atoms with Gasteiger partial charge in [-0.05, 0) is 49.9 Å². The van der Waals surface area contributed by atoms with E-state index in [-0.39, 0.29) is 12.3 Å². The Balaban J connectivity index is 2.21. The zero-order chi connectivity index (χ0) is 16.9. The molecule has 5 nitrogen and oxygen atoms in total. The summed E-state index contributed by atoms with van der Waals surface area (Å²) in [6.07, 6.45) is 5.54. The molecule has 0 aliphatic heterocycles. The minimum absolute atomic E-state index is 0.0770. The van der Waals surface area contributed by atoms with Gasteiger partial charge in [0.25, 0.3) is 5.91 Å². The Morgan fingerprint density at radius 1 is 1.04 bits per heavy atom. The highest BCUT2D eigenvalue weighted by Gasteiger charge is 2.04. The van der Waals surface area contributed by atoms with Gasteiger partial charge in [-0.3, -0.25) is 4.79 Å². The maximum absolute atomic E-state index is 11.9. The van der Waals surface area contributed by atoms with E-state index in [2.05, 4.69) is 12.2 Å². The van der Waals surface area contributed by atoms with Crippen molar-refractivity contribution in [1.82, 2.24) is 5.32 Å². The average Bonchev–Trinajstić information content (AvgIpc) is 2.55. The highest BCUT2D eigenvalue weighted by Crippen LogP contribution is 2.13. The van der Waals surface area contributed by atoms with Gasteiger partial charge >= 0.3 is 0 Å². The fraction of sp³-hybridized carbons (Fsp3) is 0.556. The summed E-state index contributed by atoms with van der Waals surface area (Å²) in [5.41, 5.74) is 0.598. The van der Waals surface area contributed by atoms with E-state index in [1.165, 1.54) is 0 Å². The summed E-state index contributed by atoms with van der Waals surface area (Å²) in [4.78, 5) is 22.2. The standard InChI is InChI=1S/C18H27NO4/c1-2-3-7-14-23-16-11-9-15(10-12-16)18(22)19-13-6-4-5-8-17(20)21/h9-12H,2-8,13-14H2,1H3,(H,19,22)(H,20,21)/p-1. The van der Waals surface area contributed by atoms with Crippen LogP contribution >= 0.6 is 0 Å². The third kappa shape index (κ3) is 8.86. The molecule has 0 aliphatic rings. The van der Waals surface area contributed by atoms with Crippen LogP contribution in [-0.4, -0.2) is 25.0 Å². The smallest absolute Gasteiger partial charge is 0.251 e. The molecule has 0 aromatic heterocycles. The van der Waals surface area contributed by atoms with Crippen molar-refractivity contribution >= 4 is 11.9 Å². The van der Waals surface area contributed by atoms with Gasteiger partial charge in [-0.1, -0.05) is 26.2 Å². The molecule has 0 saturated carbocycles. The Kier molecular flexibility index (Phi) is 9.52. The molecule has 1 aromatic carbocycles. The third-order valence-corrected chi connectivity index (χ3v) is 3.48. The van der Waals surface area contributed by atoms with E-state index in [1.54, 1.807) is 24.3 Å². The summed E-state index contributed by atoms with van der Waals surface area (Å²) in [6, 6.07) is 7.11. The number of nitrogens with one attached hydrogen (secondary N) is 1. The van der Waals surface area contributed by atoms with Gasteiger partial charge in [0.15, 0.2) is 0 Å². The average molecular weight is 320 g/mol. The fourth-order valence-electron chi connectivity index (χ4n) is 2.12. The van der Waals surface area contributed by atoms with E-state index < -0.39 is 5.97 Å². The highest BCUT2D eigenvalue weighted by atomic mass is 16.5. The SMILES string of the molecule is CCCCCOc1ccc(C(=O)NCCCCCC(=O)[O-])cc1. The molecule has 1 amide bonds. The summed E-state index contributed by atoms with van der Waals surface area (Å²) in [6.45, 7) is 3.39. The molecule has 0 aliphatic carbocycles. The van der Waals surface area contributed by atoms with Crippen LogP contribution in [0, 0.1) is 0 Å². The second-order valence-electron chi connectivity index (χ2n) is 5.52. The lowest BCUT2D eigenvalue weighted by Crippen LogP contribution is -2.24. The number of unbranched alkanes of at least 4 members (excludes halogenated alkanes) is 4. The Bertz CT molecular complexity index is 470. The minimum Gasteiger partial charge on any atom is -0.550 e. The van der Waals surface area contributed by atoms with Crippen LogP contribution in [0.2, 0.25) is 0 Å². The summed E-state index contributed by atoms with van der Waals surface area (Å²) in [5, 5.41) is 13.1. The van der Waals surface area contributed by atoms with Gasteiger partial charge in [-0.2, -0.15) is 0 Å². The first-order valence-electron chi connectivity index (χ1n) is 8.34. The van der Waals surface area contributed by atoms with E-state index >= 15 is 0 Å². The van der Waals surface area contributed by atoms with Gasteiger partial charge in [0.2, 0.25) is 0 Å². The largest absolute Gasteiger partial charge is 0.550 e. The van der Waals surface area contributed by atoms with Crippen molar-refractivity contribution in [1.29, 1.82) is 0 Å². The first-order valence-corrected chi connectivity index (χ1v) is 8.34. The summed E-state index contributed by atoms with van der Waals surface area (Å²) >= 11 is 0. The minimum atomic E-state index is -1.02. The van der Waals surface area contributed by atoms with Crippen molar-refractivity contribution in [3.63, 3.8) is 0 Å². The number of ether oxygens (including phenoxy) is 1. The fourth-order valence-corrected chi connectivity index (χ4v) is 2.12. The molecule has 0 saturated heterocycles. The normalized spacial score (nSPS) is 10.3. The van der Waals surface area contributed by atoms with Crippen LogP contribution in [0.5, 0.6) is 5.75 Å². The second-order valence-corrected chi connectivity index (χ2v) is 5.52. The Morgan fingerprint density at radius 2 is 1.78 bits per heavy atom.